The summed E-state index contributed by atoms with van der Waals surface area (Å²) in [7, 11) is 1.59. The first-order chi connectivity index (χ1) is 14.4. The quantitative estimate of drug-likeness (QED) is 0.525. The van der Waals surface area contributed by atoms with E-state index >= 15 is 0 Å². The van der Waals surface area contributed by atoms with Gasteiger partial charge in [-0.15, -0.1) is 0 Å². The number of oxazole rings is 1. The molecule has 0 saturated heterocycles. The highest BCUT2D eigenvalue weighted by Gasteiger charge is 2.14. The summed E-state index contributed by atoms with van der Waals surface area (Å²) in [6.45, 7) is -0.0593. The van der Waals surface area contributed by atoms with E-state index in [4.69, 9.17) is 27.6 Å². The number of aryl methyl sites for hydroxylation is 1. The van der Waals surface area contributed by atoms with E-state index in [1.54, 1.807) is 31.4 Å². The Bertz CT molecular complexity index is 1020. The molecule has 0 fully saturated rings. The van der Waals surface area contributed by atoms with Crippen LogP contribution in [0.1, 0.15) is 18.7 Å². The molecule has 6 nitrogen and oxygen atoms in total. The molecule has 30 heavy (non-hydrogen) atoms. The van der Waals surface area contributed by atoms with Gasteiger partial charge in [0.2, 0.25) is 11.8 Å². The van der Waals surface area contributed by atoms with Crippen molar-refractivity contribution in [2.45, 2.75) is 19.3 Å². The van der Waals surface area contributed by atoms with E-state index in [0.717, 1.165) is 5.56 Å². The highest BCUT2D eigenvalue weighted by atomic mass is 35.5. The highest BCUT2D eigenvalue weighted by Crippen LogP contribution is 2.25. The first-order valence-corrected chi connectivity index (χ1v) is 10.2. The Morgan fingerprint density at radius 3 is 2.60 bits per heavy atom. The molecule has 3 rings (SSSR count). The van der Waals surface area contributed by atoms with Crippen LogP contribution in [0.25, 0.3) is 11.3 Å². The maximum Gasteiger partial charge on any atom is 0.243 e. The van der Waals surface area contributed by atoms with E-state index < -0.39 is 0 Å². The molecule has 0 aliphatic carbocycles. The Balaban J connectivity index is 1.42. The predicted molar refractivity (Wildman–Crippen MR) is 118 cm³/mol. The number of nitrogens with one attached hydrogen (secondary N) is 1. The van der Waals surface area contributed by atoms with Gasteiger partial charge in [0.05, 0.1) is 22.8 Å². The molecule has 0 saturated carbocycles. The van der Waals surface area contributed by atoms with Gasteiger partial charge in [-0.3, -0.25) is 9.59 Å². The van der Waals surface area contributed by atoms with E-state index in [0.29, 0.717) is 46.6 Å². The number of hydrogen-bond acceptors (Lipinski definition) is 4. The SMILES string of the molecule is CN(CC(=O)Nc1ccc(Cl)c(Cl)c1)C(=O)CCCc1ncc(-c2ccccc2)o1. The Morgan fingerprint density at radius 2 is 1.87 bits per heavy atom. The standard InChI is InChI=1S/C22H21Cl2N3O3/c1-27(14-20(28)26-16-10-11-17(23)18(24)12-16)22(29)9-5-8-21-25-13-19(30-21)15-6-3-2-4-7-15/h2-4,6-7,10-13H,5,8-9,14H2,1H3,(H,26,28). The number of benzene rings is 2. The van der Waals surface area contributed by atoms with Gasteiger partial charge >= 0.3 is 0 Å². The van der Waals surface area contributed by atoms with Gasteiger partial charge in [-0.1, -0.05) is 53.5 Å². The van der Waals surface area contributed by atoms with Gasteiger partial charge in [0.15, 0.2) is 11.7 Å². The van der Waals surface area contributed by atoms with Crippen LogP contribution in [-0.2, 0) is 16.0 Å². The minimum absolute atomic E-state index is 0.0593. The summed E-state index contributed by atoms with van der Waals surface area (Å²) < 4.78 is 5.74. The lowest BCUT2D eigenvalue weighted by atomic mass is 10.2. The van der Waals surface area contributed by atoms with Crippen LogP contribution >= 0.6 is 23.2 Å². The van der Waals surface area contributed by atoms with Gasteiger partial charge in [0.25, 0.3) is 0 Å². The zero-order valence-corrected chi connectivity index (χ0v) is 17.9. The molecule has 1 heterocycles. The molecule has 2 aromatic carbocycles. The average Bonchev–Trinajstić information content (AvgIpc) is 3.20. The fraction of sp³-hybridized carbons (Fsp3) is 0.227. The van der Waals surface area contributed by atoms with Crippen molar-refractivity contribution in [3.63, 3.8) is 0 Å². The average molecular weight is 446 g/mol. The number of rotatable bonds is 8. The number of hydrogen-bond donors (Lipinski definition) is 1. The number of nitrogens with zero attached hydrogens (tertiary/aromatic N) is 2. The molecular formula is C22H21Cl2N3O3. The van der Waals surface area contributed by atoms with Crippen molar-refractivity contribution in [2.75, 3.05) is 18.9 Å². The molecule has 0 radical (unpaired) electrons. The first-order valence-electron chi connectivity index (χ1n) is 9.41. The van der Waals surface area contributed by atoms with E-state index in [1.807, 2.05) is 30.3 Å². The van der Waals surface area contributed by atoms with Crippen molar-refractivity contribution in [3.05, 3.63) is 70.7 Å². The Labute approximate surface area is 184 Å². The zero-order valence-electron chi connectivity index (χ0n) is 16.4. The summed E-state index contributed by atoms with van der Waals surface area (Å²) >= 11 is 11.8. The highest BCUT2D eigenvalue weighted by molar-refractivity contribution is 6.42. The van der Waals surface area contributed by atoms with Crippen LogP contribution in [-0.4, -0.2) is 35.3 Å². The van der Waals surface area contributed by atoms with E-state index in [1.165, 1.54) is 4.90 Å². The molecule has 156 valence electrons. The molecule has 0 bridgehead atoms. The number of amides is 2. The lowest BCUT2D eigenvalue weighted by molar-refractivity contribution is -0.133. The van der Waals surface area contributed by atoms with Gasteiger partial charge in [0, 0.05) is 31.1 Å². The van der Waals surface area contributed by atoms with Crippen LogP contribution in [0.15, 0.2) is 59.1 Å². The molecule has 2 amide bonds. The maximum absolute atomic E-state index is 12.3. The van der Waals surface area contributed by atoms with E-state index in [9.17, 15) is 9.59 Å². The summed E-state index contributed by atoms with van der Waals surface area (Å²) in [5, 5.41) is 3.45. The van der Waals surface area contributed by atoms with Crippen LogP contribution in [0, 0.1) is 0 Å². The van der Waals surface area contributed by atoms with Crippen molar-refractivity contribution in [1.29, 1.82) is 0 Å². The first kappa shape index (κ1) is 21.9. The molecule has 8 heteroatoms. The zero-order chi connectivity index (χ0) is 21.5. The summed E-state index contributed by atoms with van der Waals surface area (Å²) in [5.74, 6) is 0.841. The van der Waals surface area contributed by atoms with Gasteiger partial charge in [-0.05, 0) is 24.6 Å². The molecule has 1 N–H and O–H groups in total. The minimum atomic E-state index is -0.315. The molecule has 0 aliphatic rings. The van der Waals surface area contributed by atoms with E-state index in [2.05, 4.69) is 10.3 Å². The van der Waals surface area contributed by atoms with Gasteiger partial charge in [0.1, 0.15) is 0 Å². The third kappa shape index (κ3) is 6.08. The van der Waals surface area contributed by atoms with Gasteiger partial charge in [-0.2, -0.15) is 0 Å². The largest absolute Gasteiger partial charge is 0.441 e. The van der Waals surface area contributed by atoms with Gasteiger partial charge < -0.3 is 14.6 Å². The molecular weight excluding hydrogens is 425 g/mol. The molecule has 0 spiro atoms. The topological polar surface area (TPSA) is 75.4 Å². The predicted octanol–water partition coefficient (Wildman–Crippen LogP) is 5.07. The minimum Gasteiger partial charge on any atom is -0.441 e. The number of likely N-dealkylation sites (N-methyl/N-ethyl adjacent to an activating group) is 1. The summed E-state index contributed by atoms with van der Waals surface area (Å²) in [6, 6.07) is 14.5. The fourth-order valence-electron chi connectivity index (χ4n) is 2.82. The number of aromatic nitrogens is 1. The maximum atomic E-state index is 12.3. The van der Waals surface area contributed by atoms with Crippen LogP contribution in [0.3, 0.4) is 0 Å². The van der Waals surface area contributed by atoms with Crippen molar-refractivity contribution >= 4 is 40.7 Å². The second-order valence-electron chi connectivity index (χ2n) is 6.76. The fourth-order valence-corrected chi connectivity index (χ4v) is 3.12. The second-order valence-corrected chi connectivity index (χ2v) is 7.58. The van der Waals surface area contributed by atoms with Crippen LogP contribution < -0.4 is 5.32 Å². The summed E-state index contributed by atoms with van der Waals surface area (Å²) in [6.07, 6.45) is 3.10. The number of anilines is 1. The second kappa shape index (κ2) is 10.3. The van der Waals surface area contributed by atoms with Crippen molar-refractivity contribution in [1.82, 2.24) is 9.88 Å². The van der Waals surface area contributed by atoms with Crippen LogP contribution in [0.2, 0.25) is 10.0 Å². The van der Waals surface area contributed by atoms with Crippen LogP contribution in [0.5, 0.6) is 0 Å². The Morgan fingerprint density at radius 1 is 1.10 bits per heavy atom. The number of carbonyl (C=O) groups is 2. The molecule has 0 aliphatic heterocycles. The van der Waals surface area contributed by atoms with Crippen molar-refractivity contribution in [3.8, 4) is 11.3 Å². The van der Waals surface area contributed by atoms with Crippen molar-refractivity contribution in [2.24, 2.45) is 0 Å². The monoisotopic (exact) mass is 445 g/mol. The van der Waals surface area contributed by atoms with Crippen molar-refractivity contribution < 1.29 is 14.0 Å². The molecule has 0 unspecified atom stereocenters. The van der Waals surface area contributed by atoms with Crippen LogP contribution in [0.4, 0.5) is 5.69 Å². The number of carbonyl (C=O) groups excluding carboxylic acids is 2. The number of halogens is 2. The third-order valence-electron chi connectivity index (χ3n) is 4.40. The molecule has 0 atom stereocenters. The summed E-state index contributed by atoms with van der Waals surface area (Å²) in [5.41, 5.74) is 1.48. The third-order valence-corrected chi connectivity index (χ3v) is 5.14. The summed E-state index contributed by atoms with van der Waals surface area (Å²) in [4.78, 5) is 30.1. The van der Waals surface area contributed by atoms with E-state index in [-0.39, 0.29) is 18.4 Å². The Hall–Kier alpha value is -2.83. The lowest BCUT2D eigenvalue weighted by Gasteiger charge is -2.16. The lowest BCUT2D eigenvalue weighted by Crippen LogP contribution is -2.34. The Kier molecular flexibility index (Phi) is 7.49. The smallest absolute Gasteiger partial charge is 0.243 e. The molecule has 3 aromatic rings. The molecule has 1 aromatic heterocycles. The van der Waals surface area contributed by atoms with Gasteiger partial charge in [-0.25, -0.2) is 4.98 Å². The normalized spacial score (nSPS) is 10.6.